The van der Waals surface area contributed by atoms with Crippen LogP contribution in [0.15, 0.2) is 58.5 Å². The zero-order chi connectivity index (χ0) is 24.8. The molecular formula is C22H18Br2Cl2F4N4S2. The molecule has 0 aliphatic rings. The minimum atomic E-state index is -0.831. The Labute approximate surface area is 244 Å². The van der Waals surface area contributed by atoms with Crippen LogP contribution in [0.5, 0.6) is 0 Å². The highest BCUT2D eigenvalue weighted by atomic mass is 79.9. The van der Waals surface area contributed by atoms with Gasteiger partial charge in [0.2, 0.25) is 0 Å². The molecule has 0 aliphatic heterocycles. The van der Waals surface area contributed by atoms with E-state index >= 15 is 0 Å². The van der Waals surface area contributed by atoms with Crippen LogP contribution in [-0.2, 0) is 11.5 Å². The van der Waals surface area contributed by atoms with Crippen molar-refractivity contribution in [3.8, 4) is 0 Å². The van der Waals surface area contributed by atoms with E-state index in [1.54, 1.807) is 12.1 Å². The van der Waals surface area contributed by atoms with Crippen molar-refractivity contribution < 1.29 is 17.6 Å². The standard InChI is InChI=1S/C22H16Cl2F4N4S2.2BrH/c23-15-5-11(9-33-21(29)31-19-3-1-13(25)7-17(19)27)12(6-16(15)24)10-34-22(30)32-20-4-2-14(26)8-18(20)28;;/h1-8H,9-10H2,(H2,29,31)(H2,30,32);2*1H. The van der Waals surface area contributed by atoms with Gasteiger partial charge in [0.25, 0.3) is 0 Å². The van der Waals surface area contributed by atoms with Crippen molar-refractivity contribution in [1.29, 1.82) is 0 Å². The molecule has 4 nitrogen and oxygen atoms in total. The summed E-state index contributed by atoms with van der Waals surface area (Å²) < 4.78 is 53.7. The molecule has 0 fully saturated rings. The van der Waals surface area contributed by atoms with Crippen LogP contribution in [0.25, 0.3) is 0 Å². The zero-order valence-corrected chi connectivity index (χ0v) is 24.6. The number of rotatable bonds is 6. The lowest BCUT2D eigenvalue weighted by atomic mass is 10.1. The Balaban J connectivity index is 0.00000324. The molecule has 0 saturated heterocycles. The summed E-state index contributed by atoms with van der Waals surface area (Å²) >= 11 is 14.5. The Kier molecular flexibility index (Phi) is 13.7. The Morgan fingerprint density at radius 1 is 0.667 bits per heavy atom. The van der Waals surface area contributed by atoms with Gasteiger partial charge in [-0.3, -0.25) is 0 Å². The number of thioether (sulfide) groups is 2. The van der Waals surface area contributed by atoms with Crippen LogP contribution >= 0.6 is 80.7 Å². The lowest BCUT2D eigenvalue weighted by Crippen LogP contribution is -2.08. The van der Waals surface area contributed by atoms with E-state index in [2.05, 4.69) is 9.98 Å². The van der Waals surface area contributed by atoms with Gasteiger partial charge in [-0.25, -0.2) is 27.5 Å². The number of nitrogens with two attached hydrogens (primary N) is 2. The highest BCUT2D eigenvalue weighted by Gasteiger charge is 2.12. The Bertz CT molecular complexity index is 1190. The van der Waals surface area contributed by atoms with E-state index in [1.807, 2.05) is 0 Å². The van der Waals surface area contributed by atoms with Gasteiger partial charge in [-0.15, -0.1) is 34.0 Å². The summed E-state index contributed by atoms with van der Waals surface area (Å²) in [5.74, 6) is -2.47. The molecule has 36 heavy (non-hydrogen) atoms. The number of nitrogens with zero attached hydrogens (tertiary/aromatic N) is 2. The second kappa shape index (κ2) is 15.1. The molecule has 0 saturated carbocycles. The van der Waals surface area contributed by atoms with Gasteiger partial charge >= 0.3 is 0 Å². The fourth-order valence-corrected chi connectivity index (χ4v) is 4.49. The Morgan fingerprint density at radius 3 is 1.36 bits per heavy atom. The van der Waals surface area contributed by atoms with E-state index in [0.717, 1.165) is 58.9 Å². The second-order valence-electron chi connectivity index (χ2n) is 6.70. The van der Waals surface area contributed by atoms with Crippen LogP contribution < -0.4 is 11.5 Å². The lowest BCUT2D eigenvalue weighted by molar-refractivity contribution is 0.584. The first-order chi connectivity index (χ1) is 16.1. The number of hydrogen-bond donors (Lipinski definition) is 2. The predicted octanol–water partition coefficient (Wildman–Crippen LogP) is 8.46. The fourth-order valence-electron chi connectivity index (χ4n) is 2.65. The SMILES string of the molecule is Br.Br.NC(=Nc1ccc(F)cc1F)SCc1cc(Cl)c(Cl)cc1CSC(N)=Nc1ccc(F)cc1F. The van der Waals surface area contributed by atoms with E-state index < -0.39 is 23.3 Å². The van der Waals surface area contributed by atoms with Gasteiger partial charge in [-0.2, -0.15) is 0 Å². The maximum absolute atomic E-state index is 13.8. The molecular weight excluding hydrogens is 691 g/mol. The first-order valence-electron chi connectivity index (χ1n) is 9.43. The minimum absolute atomic E-state index is 0. The van der Waals surface area contributed by atoms with Gasteiger partial charge in [0.1, 0.15) is 23.0 Å². The third-order valence-corrected chi connectivity index (χ3v) is 6.68. The molecule has 0 unspecified atom stereocenters. The summed E-state index contributed by atoms with van der Waals surface area (Å²) in [4.78, 5) is 7.94. The van der Waals surface area contributed by atoms with Crippen LogP contribution in [0.2, 0.25) is 10.0 Å². The molecule has 0 amide bonds. The smallest absolute Gasteiger partial charge is 0.159 e. The first-order valence-corrected chi connectivity index (χ1v) is 12.2. The average molecular weight is 709 g/mol. The molecule has 0 aromatic heterocycles. The fraction of sp³-hybridized carbons (Fsp3) is 0.0909. The normalized spacial score (nSPS) is 11.6. The van der Waals surface area contributed by atoms with Gasteiger partial charge in [-0.1, -0.05) is 46.7 Å². The van der Waals surface area contributed by atoms with Crippen LogP contribution in [0.4, 0.5) is 28.9 Å². The molecule has 3 aromatic rings. The van der Waals surface area contributed by atoms with E-state index in [0.29, 0.717) is 21.6 Å². The summed E-state index contributed by atoms with van der Waals surface area (Å²) in [7, 11) is 0. The van der Waals surface area contributed by atoms with Crippen LogP contribution in [0.3, 0.4) is 0 Å². The summed E-state index contributed by atoms with van der Waals surface area (Å²) in [6.07, 6.45) is 0. The second-order valence-corrected chi connectivity index (χ2v) is 9.51. The molecule has 0 aliphatic carbocycles. The molecule has 0 spiro atoms. The van der Waals surface area contributed by atoms with E-state index in [4.69, 9.17) is 34.7 Å². The highest BCUT2D eigenvalue weighted by molar-refractivity contribution is 8.93. The topological polar surface area (TPSA) is 76.8 Å². The molecule has 14 heteroatoms. The maximum atomic E-state index is 13.8. The molecule has 0 heterocycles. The molecule has 0 bridgehead atoms. The van der Waals surface area contributed by atoms with Gasteiger partial charge in [0, 0.05) is 23.6 Å². The number of halogens is 8. The van der Waals surface area contributed by atoms with Crippen molar-refractivity contribution in [1.82, 2.24) is 0 Å². The van der Waals surface area contributed by atoms with Crippen molar-refractivity contribution in [2.45, 2.75) is 11.5 Å². The van der Waals surface area contributed by atoms with Gasteiger partial charge in [0.05, 0.1) is 10.0 Å². The van der Waals surface area contributed by atoms with Crippen molar-refractivity contribution >= 4 is 102 Å². The van der Waals surface area contributed by atoms with Crippen LogP contribution in [-0.4, -0.2) is 10.3 Å². The van der Waals surface area contributed by atoms with Gasteiger partial charge in [-0.05, 0) is 47.5 Å². The van der Waals surface area contributed by atoms with E-state index in [1.165, 1.54) is 12.1 Å². The number of aliphatic imine (C=N–C) groups is 2. The Morgan fingerprint density at radius 2 is 1.03 bits per heavy atom. The van der Waals surface area contributed by atoms with Gasteiger partial charge < -0.3 is 11.5 Å². The number of hydrogen-bond acceptors (Lipinski definition) is 4. The van der Waals surface area contributed by atoms with Crippen molar-refractivity contribution in [3.05, 3.63) is 93.0 Å². The van der Waals surface area contributed by atoms with Crippen LogP contribution in [0.1, 0.15) is 11.1 Å². The predicted molar refractivity (Wildman–Crippen MR) is 155 cm³/mol. The van der Waals surface area contributed by atoms with E-state index in [9.17, 15) is 17.6 Å². The van der Waals surface area contributed by atoms with E-state index in [-0.39, 0.29) is 55.7 Å². The van der Waals surface area contributed by atoms with Crippen molar-refractivity contribution in [2.75, 3.05) is 0 Å². The largest absolute Gasteiger partial charge is 0.378 e. The molecule has 4 N–H and O–H groups in total. The summed E-state index contributed by atoms with van der Waals surface area (Å²) in [5, 5.41) is 0.758. The number of benzene rings is 3. The quantitative estimate of drug-likeness (QED) is 0.153. The lowest BCUT2D eigenvalue weighted by Gasteiger charge is -2.11. The summed E-state index contributed by atoms with van der Waals surface area (Å²) in [5.41, 5.74) is 13.1. The molecule has 3 rings (SSSR count). The first kappa shape index (κ1) is 32.6. The third kappa shape index (κ3) is 9.46. The van der Waals surface area contributed by atoms with Crippen molar-refractivity contribution in [2.24, 2.45) is 21.5 Å². The molecule has 0 radical (unpaired) electrons. The van der Waals surface area contributed by atoms with Gasteiger partial charge in [0.15, 0.2) is 22.0 Å². The summed E-state index contributed by atoms with van der Waals surface area (Å²) in [6.45, 7) is 0. The molecule has 0 atom stereocenters. The monoisotopic (exact) mass is 706 g/mol. The van der Waals surface area contributed by atoms with Crippen LogP contribution in [0, 0.1) is 23.3 Å². The Hall–Kier alpha value is -1.44. The zero-order valence-electron chi connectivity index (χ0n) is 18.0. The minimum Gasteiger partial charge on any atom is -0.378 e. The third-order valence-electron chi connectivity index (χ3n) is 4.27. The molecule has 3 aromatic carbocycles. The maximum Gasteiger partial charge on any atom is 0.159 e. The highest BCUT2D eigenvalue weighted by Crippen LogP contribution is 2.31. The summed E-state index contributed by atoms with van der Waals surface area (Å²) in [6, 6.07) is 9.29. The average Bonchev–Trinajstić information content (AvgIpc) is 2.77. The van der Waals surface area contributed by atoms with Crippen molar-refractivity contribution in [3.63, 3.8) is 0 Å². The molecule has 194 valence electrons. The number of amidine groups is 2.